The van der Waals surface area contributed by atoms with Crippen LogP contribution in [0.25, 0.3) is 0 Å². The minimum absolute atomic E-state index is 0.0476. The van der Waals surface area contributed by atoms with Gasteiger partial charge in [0.25, 0.3) is 0 Å². The molecule has 0 spiro atoms. The lowest BCUT2D eigenvalue weighted by atomic mass is 9.58. The average molecular weight is 398 g/mol. The van der Waals surface area contributed by atoms with Crippen LogP contribution in [0.1, 0.15) is 123 Å². The van der Waals surface area contributed by atoms with Gasteiger partial charge in [0.05, 0.1) is 11.5 Å². The van der Waals surface area contributed by atoms with Gasteiger partial charge < -0.3 is 0 Å². The van der Waals surface area contributed by atoms with Crippen LogP contribution in [-0.4, -0.2) is 0 Å². The van der Waals surface area contributed by atoms with Crippen LogP contribution in [0.3, 0.4) is 0 Å². The van der Waals surface area contributed by atoms with Crippen molar-refractivity contribution in [3.8, 4) is 6.07 Å². The Labute approximate surface area is 181 Å². The summed E-state index contributed by atoms with van der Waals surface area (Å²) in [5.41, 5.74) is 0.0476. The van der Waals surface area contributed by atoms with E-state index in [1.54, 1.807) is 6.42 Å². The van der Waals surface area contributed by atoms with Crippen molar-refractivity contribution in [1.82, 2.24) is 0 Å². The summed E-state index contributed by atoms with van der Waals surface area (Å²) in [5, 5.41) is 10.1. The fraction of sp³-hybridized carbons (Fsp3) is 0.964. The Kier molecular flexibility index (Phi) is 7.30. The normalized spacial score (nSPS) is 46.7. The van der Waals surface area contributed by atoms with E-state index < -0.39 is 0 Å². The lowest BCUT2D eigenvalue weighted by molar-refractivity contribution is 0.0611. The molecule has 1 nitrogen and oxygen atoms in total. The molecule has 0 aromatic carbocycles. The smallest absolute Gasteiger partial charge is 0.0692 e. The fourth-order valence-electron chi connectivity index (χ4n) is 7.98. The van der Waals surface area contributed by atoms with Crippen LogP contribution in [-0.2, 0) is 0 Å². The SMILES string of the molecule is CC1CCC(CC2CCC([C@H]3CC[C@](C#N)(C4CCC(C)CC4)CC3)CC2)CC1. The maximum absolute atomic E-state index is 10.1. The molecule has 4 rings (SSSR count). The number of hydrogen-bond donors (Lipinski definition) is 0. The number of nitrogens with zero attached hydrogens (tertiary/aromatic N) is 1. The summed E-state index contributed by atoms with van der Waals surface area (Å²) in [4.78, 5) is 0. The third kappa shape index (κ3) is 5.22. The van der Waals surface area contributed by atoms with E-state index in [-0.39, 0.29) is 5.41 Å². The van der Waals surface area contributed by atoms with Crippen LogP contribution in [0.5, 0.6) is 0 Å². The maximum atomic E-state index is 10.1. The first-order valence-corrected chi connectivity index (χ1v) is 13.5. The fourth-order valence-corrected chi connectivity index (χ4v) is 7.98. The van der Waals surface area contributed by atoms with Gasteiger partial charge in [0.1, 0.15) is 0 Å². The maximum Gasteiger partial charge on any atom is 0.0692 e. The minimum atomic E-state index is 0.0476. The van der Waals surface area contributed by atoms with Gasteiger partial charge >= 0.3 is 0 Å². The summed E-state index contributed by atoms with van der Waals surface area (Å²) in [6, 6.07) is 2.88. The van der Waals surface area contributed by atoms with Crippen molar-refractivity contribution in [2.24, 2.45) is 46.8 Å². The molecule has 0 unspecified atom stereocenters. The zero-order valence-electron chi connectivity index (χ0n) is 19.5. The number of hydrogen-bond acceptors (Lipinski definition) is 1. The van der Waals surface area contributed by atoms with Gasteiger partial charge in [0, 0.05) is 0 Å². The van der Waals surface area contributed by atoms with Crippen LogP contribution in [0, 0.1) is 58.2 Å². The molecular weight excluding hydrogens is 350 g/mol. The molecule has 4 saturated carbocycles. The van der Waals surface area contributed by atoms with Crippen molar-refractivity contribution in [2.75, 3.05) is 0 Å². The Morgan fingerprint density at radius 2 is 1.07 bits per heavy atom. The number of nitriles is 1. The Morgan fingerprint density at radius 3 is 1.59 bits per heavy atom. The Morgan fingerprint density at radius 1 is 0.621 bits per heavy atom. The predicted molar refractivity (Wildman–Crippen MR) is 122 cm³/mol. The van der Waals surface area contributed by atoms with Gasteiger partial charge in [-0.3, -0.25) is 0 Å². The molecular formula is C28H47N. The van der Waals surface area contributed by atoms with E-state index in [0.29, 0.717) is 5.92 Å². The van der Waals surface area contributed by atoms with Gasteiger partial charge in [-0.25, -0.2) is 0 Å². The molecule has 0 atom stereocenters. The third-order valence-corrected chi connectivity index (χ3v) is 10.3. The summed E-state index contributed by atoms with van der Waals surface area (Å²) in [6.07, 6.45) is 24.1. The summed E-state index contributed by atoms with van der Waals surface area (Å²) in [6.45, 7) is 4.85. The second-order valence-electron chi connectivity index (χ2n) is 12.2. The van der Waals surface area contributed by atoms with E-state index in [0.717, 1.165) is 35.5 Å². The van der Waals surface area contributed by atoms with Crippen molar-refractivity contribution >= 4 is 0 Å². The highest BCUT2D eigenvalue weighted by molar-refractivity contribution is 5.06. The molecule has 4 aliphatic rings. The first kappa shape index (κ1) is 21.7. The molecule has 1 heteroatoms. The summed E-state index contributed by atoms with van der Waals surface area (Å²) in [7, 11) is 0. The first-order valence-electron chi connectivity index (χ1n) is 13.5. The van der Waals surface area contributed by atoms with E-state index in [9.17, 15) is 5.26 Å². The molecule has 0 aromatic heterocycles. The van der Waals surface area contributed by atoms with E-state index in [1.165, 1.54) is 103 Å². The van der Waals surface area contributed by atoms with E-state index >= 15 is 0 Å². The Bertz CT molecular complexity index is 527. The zero-order valence-corrected chi connectivity index (χ0v) is 19.5. The second-order valence-corrected chi connectivity index (χ2v) is 12.2. The molecule has 0 N–H and O–H groups in total. The highest BCUT2D eigenvalue weighted by Crippen LogP contribution is 2.52. The summed E-state index contributed by atoms with van der Waals surface area (Å²) < 4.78 is 0. The van der Waals surface area contributed by atoms with Gasteiger partial charge in [0.15, 0.2) is 0 Å². The van der Waals surface area contributed by atoms with Gasteiger partial charge in [-0.2, -0.15) is 5.26 Å². The van der Waals surface area contributed by atoms with Crippen molar-refractivity contribution in [3.05, 3.63) is 0 Å². The van der Waals surface area contributed by atoms with Gasteiger partial charge in [-0.1, -0.05) is 65.2 Å². The largest absolute Gasteiger partial charge is 0.198 e. The van der Waals surface area contributed by atoms with Crippen LogP contribution < -0.4 is 0 Å². The Hall–Kier alpha value is -0.510. The molecule has 29 heavy (non-hydrogen) atoms. The third-order valence-electron chi connectivity index (χ3n) is 10.3. The van der Waals surface area contributed by atoms with Crippen LogP contribution in [0.2, 0.25) is 0 Å². The zero-order chi connectivity index (χ0) is 20.3. The van der Waals surface area contributed by atoms with Crippen LogP contribution >= 0.6 is 0 Å². The van der Waals surface area contributed by atoms with E-state index in [4.69, 9.17) is 0 Å². The molecule has 4 fully saturated rings. The predicted octanol–water partition coefficient (Wildman–Crippen LogP) is 8.54. The topological polar surface area (TPSA) is 23.8 Å². The molecule has 0 heterocycles. The van der Waals surface area contributed by atoms with E-state index in [2.05, 4.69) is 19.9 Å². The second kappa shape index (κ2) is 9.75. The molecule has 0 saturated heterocycles. The van der Waals surface area contributed by atoms with Gasteiger partial charge in [-0.15, -0.1) is 0 Å². The summed E-state index contributed by atoms with van der Waals surface area (Å²) >= 11 is 0. The van der Waals surface area contributed by atoms with Crippen molar-refractivity contribution in [2.45, 2.75) is 123 Å². The molecule has 0 aromatic rings. The minimum Gasteiger partial charge on any atom is -0.198 e. The molecule has 0 amide bonds. The first-order chi connectivity index (χ1) is 14.1. The number of rotatable bonds is 4. The van der Waals surface area contributed by atoms with Gasteiger partial charge in [-0.05, 0) is 99.2 Å². The molecule has 0 bridgehead atoms. The lowest BCUT2D eigenvalue weighted by Gasteiger charge is -2.45. The molecule has 0 aliphatic heterocycles. The average Bonchev–Trinajstić information content (AvgIpc) is 2.76. The highest BCUT2D eigenvalue weighted by atomic mass is 14.5. The molecule has 164 valence electrons. The highest BCUT2D eigenvalue weighted by Gasteiger charge is 2.44. The Balaban J connectivity index is 1.21. The quantitative estimate of drug-likeness (QED) is 0.466. The van der Waals surface area contributed by atoms with Crippen molar-refractivity contribution in [3.63, 3.8) is 0 Å². The van der Waals surface area contributed by atoms with Crippen molar-refractivity contribution < 1.29 is 0 Å². The van der Waals surface area contributed by atoms with E-state index in [1.807, 2.05) is 0 Å². The lowest BCUT2D eigenvalue weighted by Crippen LogP contribution is -2.37. The van der Waals surface area contributed by atoms with Crippen LogP contribution in [0.4, 0.5) is 0 Å². The molecule has 0 radical (unpaired) electrons. The standard InChI is InChI=1S/C28H47N/c1-21-3-7-23(8-4-21)19-24-9-11-25(12-10-24)26-15-17-28(20-29,18-16-26)27-13-5-22(2)6-14-27/h21-27H,3-19H2,1-2H3/t21?,22?,23?,24?,25?,26-,27?,28-. The van der Waals surface area contributed by atoms with Gasteiger partial charge in [0.2, 0.25) is 0 Å². The monoisotopic (exact) mass is 397 g/mol. The van der Waals surface area contributed by atoms with Crippen molar-refractivity contribution in [1.29, 1.82) is 5.26 Å². The van der Waals surface area contributed by atoms with Crippen LogP contribution in [0.15, 0.2) is 0 Å². The summed E-state index contributed by atoms with van der Waals surface area (Å²) in [5.74, 6) is 6.61. The molecule has 4 aliphatic carbocycles.